The Bertz CT molecular complexity index is 1080. The molecule has 0 saturated heterocycles. The highest BCUT2D eigenvalue weighted by molar-refractivity contribution is 6.88. The van der Waals surface area contributed by atoms with Crippen LogP contribution in [0.4, 0.5) is 0 Å². The highest BCUT2D eigenvalue weighted by atomic mass is 28.3. The average Bonchev–Trinajstić information content (AvgIpc) is 3.24. The summed E-state index contributed by atoms with van der Waals surface area (Å²) in [4.78, 5) is 30.5. The Labute approximate surface area is 197 Å². The fraction of sp³-hybridized carbons (Fsp3) is 0.346. The number of rotatable bonds is 10. The number of hydrogen-bond donors (Lipinski definition) is 1. The number of ether oxygens (including phenoxy) is 1. The molecule has 1 atom stereocenters. The number of amides is 1. The highest BCUT2D eigenvalue weighted by Crippen LogP contribution is 2.20. The summed E-state index contributed by atoms with van der Waals surface area (Å²) in [7, 11) is 0.195. The van der Waals surface area contributed by atoms with E-state index in [2.05, 4.69) is 42.1 Å². The zero-order valence-electron chi connectivity index (χ0n) is 20.1. The van der Waals surface area contributed by atoms with Crippen LogP contribution in [0.3, 0.4) is 0 Å². The molecule has 0 saturated carbocycles. The van der Waals surface area contributed by atoms with Crippen LogP contribution in [0.15, 0.2) is 60.9 Å². The Morgan fingerprint density at radius 1 is 1.06 bits per heavy atom. The Hall–Kier alpha value is -3.19. The lowest BCUT2D eigenvalue weighted by Gasteiger charge is -2.20. The van der Waals surface area contributed by atoms with Gasteiger partial charge in [-0.2, -0.15) is 0 Å². The molecule has 7 heteroatoms. The molecule has 0 aliphatic rings. The molecule has 2 aromatic carbocycles. The first-order chi connectivity index (χ1) is 15.7. The molecule has 33 heavy (non-hydrogen) atoms. The van der Waals surface area contributed by atoms with E-state index in [-0.39, 0.29) is 24.7 Å². The molecule has 0 bridgehead atoms. The molecule has 1 heterocycles. The second-order valence-corrected chi connectivity index (χ2v) is 14.3. The minimum Gasteiger partial charge on any atom is -0.497 e. The molecule has 1 aromatic heterocycles. The third-order valence-corrected chi connectivity index (χ3v) is 7.77. The van der Waals surface area contributed by atoms with Crippen molar-refractivity contribution in [2.75, 3.05) is 7.11 Å². The van der Waals surface area contributed by atoms with Crippen molar-refractivity contribution >= 4 is 25.0 Å². The van der Waals surface area contributed by atoms with E-state index in [1.165, 1.54) is 5.19 Å². The fourth-order valence-corrected chi connectivity index (χ4v) is 4.90. The molecule has 6 nitrogen and oxygen atoms in total. The molecule has 0 fully saturated rings. The van der Waals surface area contributed by atoms with Crippen LogP contribution in [-0.4, -0.2) is 36.4 Å². The van der Waals surface area contributed by atoms with E-state index in [0.717, 1.165) is 23.4 Å². The van der Waals surface area contributed by atoms with E-state index in [0.29, 0.717) is 5.75 Å². The largest absolute Gasteiger partial charge is 0.497 e. The molecular formula is C26H33N3O3Si. The summed E-state index contributed by atoms with van der Waals surface area (Å²) < 4.78 is 7.05. The van der Waals surface area contributed by atoms with Crippen LogP contribution >= 0.6 is 0 Å². The molecule has 1 N–H and O–H groups in total. The van der Waals surface area contributed by atoms with E-state index in [9.17, 15) is 9.59 Å². The number of Topliss-reactive ketones (excluding diaryl/α,β-unsaturated/α-hetero) is 1. The van der Waals surface area contributed by atoms with E-state index in [1.807, 2.05) is 31.2 Å². The lowest BCUT2D eigenvalue weighted by Crippen LogP contribution is -2.38. The predicted octanol–water partition coefficient (Wildman–Crippen LogP) is 3.67. The second-order valence-electron chi connectivity index (χ2n) is 9.19. The number of nitrogens with zero attached hydrogens (tertiary/aromatic N) is 2. The van der Waals surface area contributed by atoms with Gasteiger partial charge in [0.1, 0.15) is 24.2 Å². The summed E-state index contributed by atoms with van der Waals surface area (Å²) in [6, 6.07) is 14.8. The maximum atomic E-state index is 13.4. The Morgan fingerprint density at radius 2 is 1.73 bits per heavy atom. The van der Waals surface area contributed by atoms with E-state index >= 15 is 0 Å². The van der Waals surface area contributed by atoms with Crippen molar-refractivity contribution in [2.24, 2.45) is 0 Å². The van der Waals surface area contributed by atoms with Gasteiger partial charge in [0.2, 0.25) is 5.91 Å². The van der Waals surface area contributed by atoms with Gasteiger partial charge in [-0.15, -0.1) is 0 Å². The number of nitrogens with one attached hydrogen (secondary N) is 1. The van der Waals surface area contributed by atoms with Gasteiger partial charge in [-0.05, 0) is 23.3 Å². The van der Waals surface area contributed by atoms with E-state index in [4.69, 9.17) is 4.74 Å². The number of methoxy groups -OCH3 is 1. The number of hydrogen-bond acceptors (Lipinski definition) is 4. The first-order valence-corrected chi connectivity index (χ1v) is 14.8. The molecule has 0 spiro atoms. The number of ketones is 1. The summed E-state index contributed by atoms with van der Waals surface area (Å²) in [6.07, 6.45) is 4.44. The summed E-state index contributed by atoms with van der Waals surface area (Å²) >= 11 is 0. The molecule has 0 aliphatic carbocycles. The molecule has 0 radical (unpaired) electrons. The molecule has 0 aliphatic heterocycles. The topological polar surface area (TPSA) is 73.2 Å². The fourth-order valence-electron chi connectivity index (χ4n) is 3.73. The molecule has 174 valence electrons. The van der Waals surface area contributed by atoms with Crippen molar-refractivity contribution in [3.05, 3.63) is 77.9 Å². The van der Waals surface area contributed by atoms with Gasteiger partial charge < -0.3 is 14.6 Å². The van der Waals surface area contributed by atoms with Gasteiger partial charge in [-0.1, -0.05) is 68.1 Å². The number of carbonyl (C=O) groups is 2. The van der Waals surface area contributed by atoms with Gasteiger partial charge in [-0.3, -0.25) is 9.59 Å². The van der Waals surface area contributed by atoms with Crippen molar-refractivity contribution < 1.29 is 14.3 Å². The third-order valence-electron chi connectivity index (χ3n) is 5.71. The smallest absolute Gasteiger partial charge is 0.240 e. The molecule has 1 unspecified atom stereocenters. The first-order valence-electron chi connectivity index (χ1n) is 11.3. The van der Waals surface area contributed by atoms with Gasteiger partial charge in [0.25, 0.3) is 0 Å². The van der Waals surface area contributed by atoms with Crippen LogP contribution in [0.25, 0.3) is 0 Å². The van der Waals surface area contributed by atoms with E-state index < -0.39 is 14.1 Å². The quantitative estimate of drug-likeness (QED) is 0.466. The Balaban J connectivity index is 1.79. The number of aromatic nitrogens is 2. The van der Waals surface area contributed by atoms with E-state index in [1.54, 1.807) is 36.2 Å². The molecule has 3 aromatic rings. The molecular weight excluding hydrogens is 430 g/mol. The van der Waals surface area contributed by atoms with Gasteiger partial charge in [0.15, 0.2) is 5.78 Å². The zero-order chi connectivity index (χ0) is 24.0. The van der Waals surface area contributed by atoms with Crippen molar-refractivity contribution in [3.8, 4) is 5.75 Å². The van der Waals surface area contributed by atoms with Crippen molar-refractivity contribution in [2.45, 2.75) is 52.0 Å². The number of imidazole rings is 1. The molecule has 1 amide bonds. The SMILES string of the molecule is CCc1nccn1CC(=O)NC(C(=O)Cc1ccc([Si](C)(C)C)cc1)c1ccc(OC)cc1. The maximum Gasteiger partial charge on any atom is 0.240 e. The summed E-state index contributed by atoms with van der Waals surface area (Å²) in [6.45, 7) is 9.01. The standard InChI is InChI=1S/C26H33N3O3Si/c1-6-24-27-15-16-29(24)18-25(31)28-26(20-9-11-21(32-2)12-10-20)23(30)17-19-7-13-22(14-8-19)33(3,4)5/h7-16,26H,6,17-18H2,1-5H3,(H,28,31). The van der Waals surface area contributed by atoms with Gasteiger partial charge >= 0.3 is 0 Å². The first kappa shape index (κ1) is 24.4. The van der Waals surface area contributed by atoms with Crippen LogP contribution in [0.5, 0.6) is 5.75 Å². The van der Waals surface area contributed by atoms with Crippen LogP contribution in [0.1, 0.15) is 29.9 Å². The predicted molar refractivity (Wildman–Crippen MR) is 134 cm³/mol. The zero-order valence-corrected chi connectivity index (χ0v) is 21.1. The Morgan fingerprint density at radius 3 is 2.30 bits per heavy atom. The van der Waals surface area contributed by atoms with Crippen LogP contribution in [-0.2, 0) is 29.0 Å². The number of carbonyl (C=O) groups excluding carboxylic acids is 2. The van der Waals surface area contributed by atoms with Crippen LogP contribution in [0, 0.1) is 0 Å². The van der Waals surface area contributed by atoms with Gasteiger partial charge in [0.05, 0.1) is 15.2 Å². The average molecular weight is 464 g/mol. The highest BCUT2D eigenvalue weighted by Gasteiger charge is 2.24. The van der Waals surface area contributed by atoms with Crippen molar-refractivity contribution in [1.82, 2.24) is 14.9 Å². The van der Waals surface area contributed by atoms with Crippen molar-refractivity contribution in [3.63, 3.8) is 0 Å². The normalized spacial score (nSPS) is 12.3. The monoisotopic (exact) mass is 463 g/mol. The molecule has 3 rings (SSSR count). The minimum absolute atomic E-state index is 0.0596. The third kappa shape index (κ3) is 6.41. The summed E-state index contributed by atoms with van der Waals surface area (Å²) in [5.41, 5.74) is 1.67. The lowest BCUT2D eigenvalue weighted by molar-refractivity contribution is -0.128. The second kappa shape index (κ2) is 10.6. The van der Waals surface area contributed by atoms with Gasteiger partial charge in [0, 0.05) is 25.2 Å². The summed E-state index contributed by atoms with van der Waals surface area (Å²) in [5, 5.41) is 4.30. The maximum absolute atomic E-state index is 13.4. The van der Waals surface area contributed by atoms with Crippen molar-refractivity contribution in [1.29, 1.82) is 0 Å². The Kier molecular flexibility index (Phi) is 7.86. The lowest BCUT2D eigenvalue weighted by atomic mass is 9.97. The minimum atomic E-state index is -1.40. The van der Waals surface area contributed by atoms with Gasteiger partial charge in [-0.25, -0.2) is 4.98 Å². The van der Waals surface area contributed by atoms with Crippen LogP contribution in [0.2, 0.25) is 19.6 Å². The number of benzene rings is 2. The number of aryl methyl sites for hydroxylation is 1. The van der Waals surface area contributed by atoms with Crippen LogP contribution < -0.4 is 15.2 Å². The summed E-state index contributed by atoms with van der Waals surface area (Å²) in [5.74, 6) is 1.24.